The molecule has 0 bridgehead atoms. The highest BCUT2D eigenvalue weighted by Crippen LogP contribution is 2.26. The van der Waals surface area contributed by atoms with E-state index in [0.29, 0.717) is 23.2 Å². The number of hydrogen-bond acceptors (Lipinski definition) is 3. The van der Waals surface area contributed by atoms with E-state index in [9.17, 15) is 4.79 Å². The molecule has 5 heteroatoms. The standard InChI is InChI=1S/C16H23ClN2O2/c1-11-3-4-14(17)15(9-11)21-12(2)16(20)19-8-6-13-5-7-18-10-13/h3-4,9,12-13,18H,5-8,10H2,1-2H3,(H,19,20). The van der Waals surface area contributed by atoms with Crippen molar-refractivity contribution < 1.29 is 9.53 Å². The summed E-state index contributed by atoms with van der Waals surface area (Å²) in [5.74, 6) is 1.13. The molecule has 1 saturated heterocycles. The van der Waals surface area contributed by atoms with Gasteiger partial charge in [0.15, 0.2) is 6.10 Å². The summed E-state index contributed by atoms with van der Waals surface area (Å²) >= 11 is 6.07. The second-order valence-electron chi connectivity index (χ2n) is 5.63. The molecule has 21 heavy (non-hydrogen) atoms. The second-order valence-corrected chi connectivity index (χ2v) is 6.04. The average Bonchev–Trinajstić information content (AvgIpc) is 2.96. The van der Waals surface area contributed by atoms with Crippen molar-refractivity contribution in [3.05, 3.63) is 28.8 Å². The SMILES string of the molecule is Cc1ccc(Cl)c(OC(C)C(=O)NCCC2CCNC2)c1. The molecule has 1 aliphatic heterocycles. The lowest BCUT2D eigenvalue weighted by Crippen LogP contribution is -2.37. The number of rotatable bonds is 6. The molecule has 1 fully saturated rings. The van der Waals surface area contributed by atoms with Gasteiger partial charge in [-0.25, -0.2) is 0 Å². The number of halogens is 1. The summed E-state index contributed by atoms with van der Waals surface area (Å²) in [4.78, 5) is 12.0. The first kappa shape index (κ1) is 16.1. The van der Waals surface area contributed by atoms with Crippen molar-refractivity contribution in [3.8, 4) is 5.75 Å². The Hall–Kier alpha value is -1.26. The Balaban J connectivity index is 1.77. The van der Waals surface area contributed by atoms with Crippen LogP contribution < -0.4 is 15.4 Å². The van der Waals surface area contributed by atoms with Crippen LogP contribution in [0.2, 0.25) is 5.02 Å². The number of hydrogen-bond donors (Lipinski definition) is 2. The Kier molecular flexibility index (Phi) is 5.88. The maximum atomic E-state index is 12.0. The number of ether oxygens (including phenoxy) is 1. The smallest absolute Gasteiger partial charge is 0.260 e. The van der Waals surface area contributed by atoms with Crippen molar-refractivity contribution in [2.75, 3.05) is 19.6 Å². The third-order valence-electron chi connectivity index (χ3n) is 3.77. The van der Waals surface area contributed by atoms with E-state index in [1.54, 1.807) is 13.0 Å². The first-order chi connectivity index (χ1) is 10.1. The van der Waals surface area contributed by atoms with E-state index in [1.807, 2.05) is 19.1 Å². The molecule has 2 rings (SSSR count). The van der Waals surface area contributed by atoms with Gasteiger partial charge in [-0.1, -0.05) is 17.7 Å². The van der Waals surface area contributed by atoms with Crippen LogP contribution in [0.4, 0.5) is 0 Å². The highest BCUT2D eigenvalue weighted by molar-refractivity contribution is 6.32. The van der Waals surface area contributed by atoms with E-state index in [-0.39, 0.29) is 5.91 Å². The van der Waals surface area contributed by atoms with Gasteiger partial charge in [0.05, 0.1) is 5.02 Å². The van der Waals surface area contributed by atoms with E-state index < -0.39 is 6.10 Å². The summed E-state index contributed by atoms with van der Waals surface area (Å²) in [7, 11) is 0. The van der Waals surface area contributed by atoms with Gasteiger partial charge in [-0.05, 0) is 63.4 Å². The molecule has 4 nitrogen and oxygen atoms in total. The van der Waals surface area contributed by atoms with E-state index in [1.165, 1.54) is 6.42 Å². The Bertz CT molecular complexity index is 487. The first-order valence-electron chi connectivity index (χ1n) is 7.47. The molecular weight excluding hydrogens is 288 g/mol. The molecule has 2 N–H and O–H groups in total. The zero-order valence-corrected chi connectivity index (χ0v) is 13.4. The Morgan fingerprint density at radius 2 is 2.38 bits per heavy atom. The van der Waals surface area contributed by atoms with Gasteiger partial charge in [-0.2, -0.15) is 0 Å². The minimum Gasteiger partial charge on any atom is -0.479 e. The molecule has 0 aromatic heterocycles. The third kappa shape index (κ3) is 4.90. The van der Waals surface area contributed by atoms with Crippen molar-refractivity contribution in [3.63, 3.8) is 0 Å². The lowest BCUT2D eigenvalue weighted by molar-refractivity contribution is -0.127. The largest absolute Gasteiger partial charge is 0.479 e. The highest BCUT2D eigenvalue weighted by atomic mass is 35.5. The van der Waals surface area contributed by atoms with Crippen molar-refractivity contribution >= 4 is 17.5 Å². The van der Waals surface area contributed by atoms with Crippen LogP contribution in [0.5, 0.6) is 5.75 Å². The van der Waals surface area contributed by atoms with E-state index >= 15 is 0 Å². The van der Waals surface area contributed by atoms with Gasteiger partial charge < -0.3 is 15.4 Å². The van der Waals surface area contributed by atoms with Gasteiger partial charge in [-0.3, -0.25) is 4.79 Å². The summed E-state index contributed by atoms with van der Waals surface area (Å²) in [6, 6.07) is 5.54. The lowest BCUT2D eigenvalue weighted by Gasteiger charge is -2.16. The van der Waals surface area contributed by atoms with Crippen molar-refractivity contribution in [1.29, 1.82) is 0 Å². The Labute approximate surface area is 131 Å². The minimum atomic E-state index is -0.550. The van der Waals surface area contributed by atoms with Gasteiger partial charge in [0.25, 0.3) is 5.91 Å². The van der Waals surface area contributed by atoms with E-state index in [0.717, 1.165) is 25.1 Å². The van der Waals surface area contributed by atoms with E-state index in [2.05, 4.69) is 10.6 Å². The van der Waals surface area contributed by atoms with Gasteiger partial charge in [0.2, 0.25) is 0 Å². The molecular formula is C16H23ClN2O2. The minimum absolute atomic E-state index is 0.0986. The second kappa shape index (κ2) is 7.66. The average molecular weight is 311 g/mol. The summed E-state index contributed by atoms with van der Waals surface area (Å²) < 4.78 is 5.65. The molecule has 1 aromatic carbocycles. The lowest BCUT2D eigenvalue weighted by atomic mass is 10.1. The molecule has 1 amide bonds. The van der Waals surface area contributed by atoms with Crippen LogP contribution in [0.15, 0.2) is 18.2 Å². The maximum Gasteiger partial charge on any atom is 0.260 e. The fourth-order valence-electron chi connectivity index (χ4n) is 2.45. The zero-order chi connectivity index (χ0) is 15.2. The molecule has 0 saturated carbocycles. The van der Waals surface area contributed by atoms with Crippen molar-refractivity contribution in [2.24, 2.45) is 5.92 Å². The summed E-state index contributed by atoms with van der Waals surface area (Å²) in [6.07, 6.45) is 1.66. The molecule has 2 unspecified atom stereocenters. The van der Waals surface area contributed by atoms with Crippen LogP contribution in [-0.2, 0) is 4.79 Å². The van der Waals surface area contributed by atoms with Crippen LogP contribution in [0.25, 0.3) is 0 Å². The molecule has 1 heterocycles. The molecule has 116 valence electrons. The predicted molar refractivity (Wildman–Crippen MR) is 84.9 cm³/mol. The number of carbonyl (C=O) groups is 1. The topological polar surface area (TPSA) is 50.4 Å². The number of amides is 1. The molecule has 1 aromatic rings. The van der Waals surface area contributed by atoms with Crippen molar-refractivity contribution in [1.82, 2.24) is 10.6 Å². The normalized spacial score (nSPS) is 19.3. The van der Waals surface area contributed by atoms with Gasteiger partial charge in [-0.15, -0.1) is 0 Å². The predicted octanol–water partition coefficient (Wildman–Crippen LogP) is 2.53. The van der Waals surface area contributed by atoms with Gasteiger partial charge in [0.1, 0.15) is 5.75 Å². The van der Waals surface area contributed by atoms with Gasteiger partial charge in [0, 0.05) is 6.54 Å². The zero-order valence-electron chi connectivity index (χ0n) is 12.6. The van der Waals surface area contributed by atoms with Crippen molar-refractivity contribution in [2.45, 2.75) is 32.8 Å². The van der Waals surface area contributed by atoms with Crippen LogP contribution in [-0.4, -0.2) is 31.6 Å². The van der Waals surface area contributed by atoms with E-state index in [4.69, 9.17) is 16.3 Å². The number of nitrogens with one attached hydrogen (secondary N) is 2. The fraction of sp³-hybridized carbons (Fsp3) is 0.562. The summed E-state index contributed by atoms with van der Waals surface area (Å²) in [5.41, 5.74) is 1.05. The molecule has 0 radical (unpaired) electrons. The van der Waals surface area contributed by atoms with Gasteiger partial charge >= 0.3 is 0 Å². The Morgan fingerprint density at radius 1 is 1.57 bits per heavy atom. The molecule has 1 aliphatic rings. The first-order valence-corrected chi connectivity index (χ1v) is 7.85. The summed E-state index contributed by atoms with van der Waals surface area (Å²) in [5, 5.41) is 6.78. The Morgan fingerprint density at radius 3 is 3.10 bits per heavy atom. The fourth-order valence-corrected chi connectivity index (χ4v) is 2.61. The summed E-state index contributed by atoms with van der Waals surface area (Å²) in [6.45, 7) is 6.54. The van der Waals surface area contributed by atoms with Crippen LogP contribution in [0.3, 0.4) is 0 Å². The van der Waals surface area contributed by atoms with Crippen LogP contribution >= 0.6 is 11.6 Å². The number of carbonyl (C=O) groups excluding carboxylic acids is 1. The maximum absolute atomic E-state index is 12.0. The van der Waals surface area contributed by atoms with Crippen LogP contribution in [0, 0.1) is 12.8 Å². The molecule has 2 atom stereocenters. The molecule has 0 spiro atoms. The third-order valence-corrected chi connectivity index (χ3v) is 4.09. The quantitative estimate of drug-likeness (QED) is 0.849. The monoisotopic (exact) mass is 310 g/mol. The van der Waals surface area contributed by atoms with Crippen LogP contribution in [0.1, 0.15) is 25.3 Å². The number of benzene rings is 1. The molecule has 0 aliphatic carbocycles. The number of aryl methyl sites for hydroxylation is 1. The highest BCUT2D eigenvalue weighted by Gasteiger charge is 2.18.